The molecule has 1 aliphatic rings. The van der Waals surface area contributed by atoms with Crippen LogP contribution in [0, 0.1) is 0 Å². The van der Waals surface area contributed by atoms with Crippen molar-refractivity contribution >= 4 is 29.9 Å². The second kappa shape index (κ2) is 13.4. The van der Waals surface area contributed by atoms with Crippen LogP contribution in [0.3, 0.4) is 0 Å². The lowest BCUT2D eigenvalue weighted by Gasteiger charge is -2.34. The zero-order valence-corrected chi connectivity index (χ0v) is 20.9. The molecule has 1 aromatic carbocycles. The largest absolute Gasteiger partial charge is 0.490 e. The highest BCUT2D eigenvalue weighted by molar-refractivity contribution is 14.0. The summed E-state index contributed by atoms with van der Waals surface area (Å²) in [5, 5.41) is 3.43. The first-order chi connectivity index (χ1) is 14.7. The molecule has 0 aliphatic carbocycles. The molecule has 1 aromatic heterocycles. The van der Waals surface area contributed by atoms with Gasteiger partial charge in [0.2, 0.25) is 5.88 Å². The van der Waals surface area contributed by atoms with Crippen molar-refractivity contribution in [1.82, 2.24) is 15.2 Å². The van der Waals surface area contributed by atoms with Gasteiger partial charge in [-0.3, -0.25) is 4.99 Å². The molecular formula is C23H33IN4O3. The van der Waals surface area contributed by atoms with E-state index in [9.17, 15) is 0 Å². The number of rotatable bonds is 8. The lowest BCUT2D eigenvalue weighted by Crippen LogP contribution is -2.46. The lowest BCUT2D eigenvalue weighted by atomic mass is 10.1. The van der Waals surface area contributed by atoms with Crippen molar-refractivity contribution in [2.75, 3.05) is 33.4 Å². The highest BCUT2D eigenvalue weighted by Crippen LogP contribution is 2.30. The van der Waals surface area contributed by atoms with Crippen molar-refractivity contribution in [3.05, 3.63) is 48.2 Å². The van der Waals surface area contributed by atoms with Gasteiger partial charge in [-0.15, -0.1) is 24.0 Å². The fourth-order valence-electron chi connectivity index (χ4n) is 3.48. The van der Waals surface area contributed by atoms with Crippen molar-refractivity contribution in [2.24, 2.45) is 4.99 Å². The van der Waals surface area contributed by atoms with Gasteiger partial charge in [-0.05, 0) is 44.4 Å². The molecule has 0 radical (unpaired) electrons. The summed E-state index contributed by atoms with van der Waals surface area (Å²) < 4.78 is 17.2. The molecule has 31 heavy (non-hydrogen) atoms. The lowest BCUT2D eigenvalue weighted by molar-refractivity contribution is 0.0263. The number of para-hydroxylation sites is 2. The van der Waals surface area contributed by atoms with Crippen molar-refractivity contribution in [3.8, 4) is 17.4 Å². The van der Waals surface area contributed by atoms with Gasteiger partial charge in [-0.1, -0.05) is 18.2 Å². The zero-order valence-electron chi connectivity index (χ0n) is 18.5. The summed E-state index contributed by atoms with van der Waals surface area (Å²) in [7, 11) is 1.82. The topological polar surface area (TPSA) is 68.2 Å². The zero-order chi connectivity index (χ0) is 21.2. The van der Waals surface area contributed by atoms with Crippen LogP contribution in [0.4, 0.5) is 0 Å². The second-order valence-electron chi connectivity index (χ2n) is 7.03. The van der Waals surface area contributed by atoms with Crippen molar-refractivity contribution in [3.63, 3.8) is 0 Å². The number of aliphatic imine (C=N–C) groups is 1. The Bertz CT molecular complexity index is 809. The molecule has 1 N–H and O–H groups in total. The van der Waals surface area contributed by atoms with Crippen LogP contribution in [0.15, 0.2) is 47.6 Å². The van der Waals surface area contributed by atoms with Gasteiger partial charge in [-0.2, -0.15) is 0 Å². The summed E-state index contributed by atoms with van der Waals surface area (Å²) in [4.78, 5) is 11.1. The van der Waals surface area contributed by atoms with Crippen LogP contribution in [0.5, 0.6) is 17.4 Å². The number of benzene rings is 1. The molecule has 8 heteroatoms. The van der Waals surface area contributed by atoms with E-state index in [1.165, 1.54) is 0 Å². The molecule has 0 unspecified atom stereocenters. The molecule has 0 spiro atoms. The monoisotopic (exact) mass is 540 g/mol. The third-order valence-corrected chi connectivity index (χ3v) is 4.97. The van der Waals surface area contributed by atoms with E-state index in [0.717, 1.165) is 44.1 Å². The van der Waals surface area contributed by atoms with Crippen LogP contribution in [-0.4, -0.2) is 55.3 Å². The first-order valence-corrected chi connectivity index (χ1v) is 10.6. The quantitative estimate of drug-likeness (QED) is 0.303. The van der Waals surface area contributed by atoms with Gasteiger partial charge in [0.25, 0.3) is 0 Å². The molecule has 2 aromatic rings. The van der Waals surface area contributed by atoms with Crippen molar-refractivity contribution < 1.29 is 14.2 Å². The normalized spacial score (nSPS) is 14.7. The maximum atomic E-state index is 5.89. The van der Waals surface area contributed by atoms with Gasteiger partial charge >= 0.3 is 0 Å². The number of halogens is 1. The van der Waals surface area contributed by atoms with E-state index in [1.54, 1.807) is 0 Å². The molecule has 7 nitrogen and oxygen atoms in total. The minimum absolute atomic E-state index is 0. The van der Waals surface area contributed by atoms with E-state index >= 15 is 0 Å². The summed E-state index contributed by atoms with van der Waals surface area (Å²) in [6, 6.07) is 11.5. The van der Waals surface area contributed by atoms with Gasteiger partial charge in [-0.25, -0.2) is 4.98 Å². The van der Waals surface area contributed by atoms with Gasteiger partial charge in [0.05, 0.1) is 12.7 Å². The summed E-state index contributed by atoms with van der Waals surface area (Å²) in [5.74, 6) is 2.82. The molecule has 3 rings (SSSR count). The molecule has 0 saturated carbocycles. The Morgan fingerprint density at radius 2 is 1.84 bits per heavy atom. The maximum absolute atomic E-state index is 5.89. The van der Waals surface area contributed by atoms with Crippen LogP contribution in [0.2, 0.25) is 0 Å². The molecule has 0 bridgehead atoms. The Morgan fingerprint density at radius 1 is 1.10 bits per heavy atom. The molecular weight excluding hydrogens is 507 g/mol. The van der Waals surface area contributed by atoms with E-state index in [4.69, 9.17) is 14.2 Å². The molecule has 1 fully saturated rings. The van der Waals surface area contributed by atoms with E-state index in [2.05, 4.69) is 27.1 Å². The Kier molecular flexibility index (Phi) is 10.9. The molecule has 2 heterocycles. The smallest absolute Gasteiger partial charge is 0.219 e. The number of hydrogen-bond donors (Lipinski definition) is 1. The van der Waals surface area contributed by atoms with E-state index < -0.39 is 0 Å². The highest BCUT2D eigenvalue weighted by Gasteiger charge is 2.21. The first-order valence-electron chi connectivity index (χ1n) is 10.6. The number of ether oxygens (including phenoxy) is 3. The SMILES string of the molecule is CCOc1ccccc1Oc1ccc(CNC(=NC)N2CCC(OCC)CC2)cn1.I. The van der Waals surface area contributed by atoms with Crippen LogP contribution in [0.25, 0.3) is 0 Å². The number of hydrogen-bond acceptors (Lipinski definition) is 5. The van der Waals surface area contributed by atoms with E-state index in [1.807, 2.05) is 56.6 Å². The van der Waals surface area contributed by atoms with Crippen LogP contribution in [-0.2, 0) is 11.3 Å². The standard InChI is InChI=1S/C23H32N4O3.HI/c1-4-28-19-12-14-27(15-13-19)23(24-3)26-17-18-10-11-22(25-16-18)30-21-9-7-6-8-20(21)29-5-2;/h6-11,16,19H,4-5,12-15,17H2,1-3H3,(H,24,26);1H. The average molecular weight is 540 g/mol. The predicted octanol–water partition coefficient (Wildman–Crippen LogP) is 4.47. The molecule has 0 amide bonds. The Morgan fingerprint density at radius 3 is 2.45 bits per heavy atom. The molecule has 1 aliphatic heterocycles. The van der Waals surface area contributed by atoms with E-state index in [-0.39, 0.29) is 24.0 Å². The third kappa shape index (κ3) is 7.53. The van der Waals surface area contributed by atoms with Crippen molar-refractivity contribution in [1.29, 1.82) is 0 Å². The minimum Gasteiger partial charge on any atom is -0.490 e. The van der Waals surface area contributed by atoms with Gasteiger partial charge in [0, 0.05) is 45.6 Å². The fraction of sp³-hybridized carbons (Fsp3) is 0.478. The summed E-state index contributed by atoms with van der Waals surface area (Å²) in [6.45, 7) is 7.93. The Labute approximate surface area is 202 Å². The van der Waals surface area contributed by atoms with Crippen LogP contribution in [0.1, 0.15) is 32.3 Å². The minimum atomic E-state index is 0. The number of pyridine rings is 1. The maximum Gasteiger partial charge on any atom is 0.219 e. The molecule has 1 saturated heterocycles. The van der Waals surface area contributed by atoms with Gasteiger partial charge < -0.3 is 24.4 Å². The third-order valence-electron chi connectivity index (χ3n) is 4.97. The summed E-state index contributed by atoms with van der Waals surface area (Å²) >= 11 is 0. The molecule has 170 valence electrons. The van der Waals surface area contributed by atoms with E-state index in [0.29, 0.717) is 36.6 Å². The fourth-order valence-corrected chi connectivity index (χ4v) is 3.48. The Hall–Kier alpha value is -2.07. The van der Waals surface area contributed by atoms with Crippen LogP contribution >= 0.6 is 24.0 Å². The van der Waals surface area contributed by atoms with Crippen molar-refractivity contribution in [2.45, 2.75) is 39.3 Å². The predicted molar refractivity (Wildman–Crippen MR) is 134 cm³/mol. The average Bonchev–Trinajstić information content (AvgIpc) is 2.78. The van der Waals surface area contributed by atoms with Gasteiger partial charge in [0.15, 0.2) is 17.5 Å². The number of likely N-dealkylation sites (tertiary alicyclic amines) is 1. The Balaban J connectivity index is 0.00000341. The summed E-state index contributed by atoms with van der Waals surface area (Å²) in [6.07, 6.45) is 4.26. The van der Waals surface area contributed by atoms with Gasteiger partial charge in [0.1, 0.15) is 0 Å². The summed E-state index contributed by atoms with van der Waals surface area (Å²) in [5.41, 5.74) is 1.06. The first kappa shape index (κ1) is 25.2. The van der Waals surface area contributed by atoms with Crippen LogP contribution < -0.4 is 14.8 Å². The highest BCUT2D eigenvalue weighted by atomic mass is 127. The number of guanidine groups is 1. The number of nitrogens with zero attached hydrogens (tertiary/aromatic N) is 3. The number of nitrogens with one attached hydrogen (secondary N) is 1. The number of aromatic nitrogens is 1. The molecule has 0 atom stereocenters. The second-order valence-corrected chi connectivity index (χ2v) is 7.03. The number of piperidine rings is 1.